The van der Waals surface area contributed by atoms with Gasteiger partial charge in [0.15, 0.2) is 0 Å². The lowest BCUT2D eigenvalue weighted by Crippen LogP contribution is -2.18. The number of thiazole rings is 1. The molecule has 5 heteroatoms. The summed E-state index contributed by atoms with van der Waals surface area (Å²) < 4.78 is 1.99. The number of benzene rings is 1. The highest BCUT2D eigenvalue weighted by molar-refractivity contribution is 7.07. The number of rotatable bonds is 3. The summed E-state index contributed by atoms with van der Waals surface area (Å²) >= 11 is 1.49. The summed E-state index contributed by atoms with van der Waals surface area (Å²) in [6, 6.07) is 9.90. The Labute approximate surface area is 96.9 Å². The average molecular weight is 233 g/mol. The van der Waals surface area contributed by atoms with E-state index in [2.05, 4.69) is 10.5 Å². The predicted octanol–water partition coefficient (Wildman–Crippen LogP) is 1.41. The van der Waals surface area contributed by atoms with Gasteiger partial charge < -0.3 is 0 Å². The highest BCUT2D eigenvalue weighted by Gasteiger charge is 2.02. The minimum absolute atomic E-state index is 0.560. The van der Waals surface area contributed by atoms with Gasteiger partial charge in [0.05, 0.1) is 0 Å². The Hall–Kier alpha value is -1.88. The SMILES string of the molecule is Cc1csc(=NNC=O)n1-c1ccccc1. The van der Waals surface area contributed by atoms with E-state index < -0.39 is 0 Å². The number of carbonyl (C=O) groups excluding carboxylic acids is 1. The molecule has 0 bridgehead atoms. The van der Waals surface area contributed by atoms with Crippen LogP contribution in [0.4, 0.5) is 0 Å². The van der Waals surface area contributed by atoms with Gasteiger partial charge in [-0.3, -0.25) is 9.36 Å². The van der Waals surface area contributed by atoms with Gasteiger partial charge in [-0.15, -0.1) is 16.4 Å². The van der Waals surface area contributed by atoms with E-state index in [1.54, 1.807) is 0 Å². The number of aryl methyl sites for hydroxylation is 1. The fourth-order valence-corrected chi connectivity index (χ4v) is 2.28. The van der Waals surface area contributed by atoms with Gasteiger partial charge in [-0.2, -0.15) is 0 Å². The zero-order valence-corrected chi connectivity index (χ0v) is 9.57. The topological polar surface area (TPSA) is 46.4 Å². The Balaban J connectivity index is 2.56. The van der Waals surface area contributed by atoms with Crippen molar-refractivity contribution in [3.63, 3.8) is 0 Å². The zero-order valence-electron chi connectivity index (χ0n) is 8.75. The molecule has 0 radical (unpaired) electrons. The molecule has 0 spiro atoms. The third-order valence-corrected chi connectivity index (χ3v) is 3.05. The van der Waals surface area contributed by atoms with Crippen LogP contribution in [0, 0.1) is 6.92 Å². The quantitative estimate of drug-likeness (QED) is 0.632. The summed E-state index contributed by atoms with van der Waals surface area (Å²) in [5, 5.41) is 5.98. The number of para-hydroxylation sites is 1. The van der Waals surface area contributed by atoms with Crippen molar-refractivity contribution in [3.05, 3.63) is 46.2 Å². The lowest BCUT2D eigenvalue weighted by Gasteiger charge is -2.04. The summed E-state index contributed by atoms with van der Waals surface area (Å²) in [6.07, 6.45) is 0.560. The zero-order chi connectivity index (χ0) is 11.4. The number of hydrogen-bond donors (Lipinski definition) is 1. The third kappa shape index (κ3) is 2.04. The normalized spacial score (nSPS) is 11.4. The van der Waals surface area contributed by atoms with Crippen LogP contribution >= 0.6 is 11.3 Å². The number of nitrogens with one attached hydrogen (secondary N) is 1. The van der Waals surface area contributed by atoms with Gasteiger partial charge >= 0.3 is 0 Å². The maximum atomic E-state index is 10.2. The lowest BCUT2D eigenvalue weighted by atomic mass is 10.3. The Morgan fingerprint density at radius 1 is 1.38 bits per heavy atom. The number of carbonyl (C=O) groups is 1. The van der Waals surface area contributed by atoms with E-state index in [9.17, 15) is 4.79 Å². The van der Waals surface area contributed by atoms with Crippen LogP contribution in [0.25, 0.3) is 5.69 Å². The highest BCUT2D eigenvalue weighted by atomic mass is 32.1. The minimum atomic E-state index is 0.560. The van der Waals surface area contributed by atoms with E-state index >= 15 is 0 Å². The maximum Gasteiger partial charge on any atom is 0.227 e. The first kappa shape index (κ1) is 10.6. The second-order valence-electron chi connectivity index (χ2n) is 3.19. The van der Waals surface area contributed by atoms with Gasteiger partial charge in [-0.25, -0.2) is 5.43 Å². The standard InChI is InChI=1S/C11H11N3OS/c1-9-7-16-11(13-12-8-15)14(9)10-5-3-2-4-6-10/h2-8H,1H3,(H,12,15). The van der Waals surface area contributed by atoms with Gasteiger partial charge in [0.1, 0.15) is 0 Å². The second-order valence-corrected chi connectivity index (χ2v) is 4.03. The second kappa shape index (κ2) is 4.76. The summed E-state index contributed by atoms with van der Waals surface area (Å²) in [5.41, 5.74) is 4.44. The molecule has 0 saturated heterocycles. The fraction of sp³-hybridized carbons (Fsp3) is 0.0909. The molecule has 0 unspecified atom stereocenters. The van der Waals surface area contributed by atoms with E-state index in [1.165, 1.54) is 11.3 Å². The van der Waals surface area contributed by atoms with Crippen molar-refractivity contribution in [2.45, 2.75) is 6.92 Å². The monoisotopic (exact) mass is 233 g/mol. The van der Waals surface area contributed by atoms with Crippen LogP contribution in [-0.4, -0.2) is 11.0 Å². The lowest BCUT2D eigenvalue weighted by molar-refractivity contribution is -0.109. The molecule has 4 nitrogen and oxygen atoms in total. The predicted molar refractivity (Wildman–Crippen MR) is 63.1 cm³/mol. The average Bonchev–Trinajstić information content (AvgIpc) is 2.69. The molecule has 0 aliphatic rings. The Morgan fingerprint density at radius 2 is 2.12 bits per heavy atom. The first-order valence-corrected chi connectivity index (χ1v) is 5.66. The molecular weight excluding hydrogens is 222 g/mol. The summed E-state index contributed by atoms with van der Waals surface area (Å²) in [5.74, 6) is 0. The molecule has 0 atom stereocenters. The smallest absolute Gasteiger partial charge is 0.227 e. The number of amides is 1. The van der Waals surface area contributed by atoms with Crippen LogP contribution in [0.5, 0.6) is 0 Å². The molecule has 0 aliphatic heterocycles. The molecular formula is C11H11N3OS. The van der Waals surface area contributed by atoms with Crippen LogP contribution < -0.4 is 10.2 Å². The molecule has 16 heavy (non-hydrogen) atoms. The van der Waals surface area contributed by atoms with Crippen LogP contribution in [0.2, 0.25) is 0 Å². The van der Waals surface area contributed by atoms with E-state index in [-0.39, 0.29) is 0 Å². The van der Waals surface area contributed by atoms with Crippen LogP contribution in [0.3, 0.4) is 0 Å². The van der Waals surface area contributed by atoms with Crippen LogP contribution in [0.1, 0.15) is 5.69 Å². The molecule has 82 valence electrons. The molecule has 1 heterocycles. The number of nitrogens with zero attached hydrogens (tertiary/aromatic N) is 2. The molecule has 2 rings (SSSR count). The maximum absolute atomic E-state index is 10.2. The van der Waals surface area contributed by atoms with Gasteiger partial charge in [-0.05, 0) is 19.1 Å². The van der Waals surface area contributed by atoms with E-state index in [1.807, 2.05) is 47.2 Å². The van der Waals surface area contributed by atoms with Crippen molar-refractivity contribution in [3.8, 4) is 5.69 Å². The Bertz CT molecular complexity index is 542. The summed E-state index contributed by atoms with van der Waals surface area (Å²) in [7, 11) is 0. The number of aromatic nitrogens is 1. The van der Waals surface area contributed by atoms with Crippen molar-refractivity contribution in [2.24, 2.45) is 5.10 Å². The van der Waals surface area contributed by atoms with Crippen molar-refractivity contribution in [1.29, 1.82) is 0 Å². The molecule has 0 aliphatic carbocycles. The van der Waals surface area contributed by atoms with Gasteiger partial charge in [-0.1, -0.05) is 18.2 Å². The van der Waals surface area contributed by atoms with E-state index in [0.717, 1.165) is 16.2 Å². The minimum Gasteiger partial charge on any atom is -0.288 e. The fourth-order valence-electron chi connectivity index (χ4n) is 1.44. The van der Waals surface area contributed by atoms with Crippen molar-refractivity contribution in [2.75, 3.05) is 0 Å². The molecule has 1 N–H and O–H groups in total. The van der Waals surface area contributed by atoms with E-state index in [4.69, 9.17) is 0 Å². The third-order valence-electron chi connectivity index (χ3n) is 2.11. The first-order valence-electron chi connectivity index (χ1n) is 4.78. The molecule has 2 aromatic rings. The largest absolute Gasteiger partial charge is 0.288 e. The molecule has 0 saturated carbocycles. The molecule has 1 aromatic heterocycles. The van der Waals surface area contributed by atoms with Crippen molar-refractivity contribution >= 4 is 17.7 Å². The highest BCUT2D eigenvalue weighted by Crippen LogP contribution is 2.09. The molecule has 0 fully saturated rings. The number of hydrogen-bond acceptors (Lipinski definition) is 3. The molecule has 1 aromatic carbocycles. The summed E-state index contributed by atoms with van der Waals surface area (Å²) in [4.78, 5) is 11.0. The van der Waals surface area contributed by atoms with E-state index in [0.29, 0.717) is 6.41 Å². The van der Waals surface area contributed by atoms with Crippen molar-refractivity contribution < 1.29 is 4.79 Å². The van der Waals surface area contributed by atoms with Crippen LogP contribution in [0.15, 0.2) is 40.8 Å². The summed E-state index contributed by atoms with van der Waals surface area (Å²) in [6.45, 7) is 2.00. The van der Waals surface area contributed by atoms with Gasteiger partial charge in [0.25, 0.3) is 0 Å². The first-order chi connectivity index (χ1) is 7.83. The Morgan fingerprint density at radius 3 is 2.81 bits per heavy atom. The molecule has 1 amide bonds. The van der Waals surface area contributed by atoms with Crippen molar-refractivity contribution in [1.82, 2.24) is 9.99 Å². The Kier molecular flexibility index (Phi) is 3.16. The van der Waals surface area contributed by atoms with Gasteiger partial charge in [0.2, 0.25) is 11.2 Å². The van der Waals surface area contributed by atoms with Gasteiger partial charge in [0, 0.05) is 16.8 Å². The van der Waals surface area contributed by atoms with Crippen LogP contribution in [-0.2, 0) is 4.79 Å².